The van der Waals surface area contributed by atoms with E-state index in [1.54, 1.807) is 4.88 Å². The van der Waals surface area contributed by atoms with Crippen LogP contribution in [-0.2, 0) is 12.8 Å². The van der Waals surface area contributed by atoms with Gasteiger partial charge in [0.25, 0.3) is 0 Å². The maximum absolute atomic E-state index is 5.38. The highest BCUT2D eigenvalue weighted by atomic mass is 32.1. The lowest BCUT2D eigenvalue weighted by atomic mass is 9.97. The van der Waals surface area contributed by atoms with E-state index in [1.165, 1.54) is 64.3 Å². The molecule has 3 aromatic carbocycles. The number of para-hydroxylation sites is 1. The van der Waals surface area contributed by atoms with E-state index in [2.05, 4.69) is 82.6 Å². The summed E-state index contributed by atoms with van der Waals surface area (Å²) in [6, 6.07) is 25.9. The molecular weight excluding hydrogens is 472 g/mol. The van der Waals surface area contributed by atoms with Gasteiger partial charge in [-0.25, -0.2) is 9.97 Å². The van der Waals surface area contributed by atoms with Crippen LogP contribution >= 0.6 is 11.3 Å². The van der Waals surface area contributed by atoms with E-state index in [4.69, 9.17) is 9.97 Å². The Hall–Kier alpha value is -3.44. The van der Waals surface area contributed by atoms with Gasteiger partial charge in [0.05, 0.1) is 5.39 Å². The highest BCUT2D eigenvalue weighted by Gasteiger charge is 2.26. The van der Waals surface area contributed by atoms with Crippen molar-refractivity contribution in [3.63, 3.8) is 0 Å². The van der Waals surface area contributed by atoms with Crippen LogP contribution in [0.2, 0.25) is 0 Å². The molecule has 0 amide bonds. The minimum atomic E-state index is 0.860. The van der Waals surface area contributed by atoms with Gasteiger partial charge in [-0.15, -0.1) is 11.3 Å². The zero-order valence-electron chi connectivity index (χ0n) is 21.2. The lowest BCUT2D eigenvalue weighted by molar-refractivity contribution is 0.623. The number of hydrogen-bond donors (Lipinski definition) is 0. The highest BCUT2D eigenvalue weighted by molar-refractivity contribution is 7.19. The van der Waals surface area contributed by atoms with Crippen molar-refractivity contribution in [1.29, 1.82) is 0 Å². The molecule has 37 heavy (non-hydrogen) atoms. The lowest BCUT2D eigenvalue weighted by Gasteiger charge is -2.37. The Labute approximate surface area is 222 Å². The molecule has 0 spiro atoms. The van der Waals surface area contributed by atoms with Crippen LogP contribution < -0.4 is 9.80 Å². The molecule has 2 aliphatic rings. The first kappa shape index (κ1) is 22.7. The molecule has 0 bridgehead atoms. The first-order valence-electron chi connectivity index (χ1n) is 13.7. The Morgan fingerprint density at radius 3 is 2.24 bits per heavy atom. The Kier molecular flexibility index (Phi) is 6.01. The van der Waals surface area contributed by atoms with Gasteiger partial charge in [-0.1, -0.05) is 73.5 Å². The summed E-state index contributed by atoms with van der Waals surface area (Å²) in [5.74, 6) is 2.01. The number of benzene rings is 3. The fourth-order valence-electron chi connectivity index (χ4n) is 6.08. The monoisotopic (exact) mass is 504 g/mol. The maximum atomic E-state index is 5.38. The zero-order valence-corrected chi connectivity index (χ0v) is 22.0. The van der Waals surface area contributed by atoms with Gasteiger partial charge in [-0.2, -0.15) is 0 Å². The molecule has 1 aliphatic heterocycles. The van der Waals surface area contributed by atoms with E-state index in [0.717, 1.165) is 49.8 Å². The molecule has 186 valence electrons. The summed E-state index contributed by atoms with van der Waals surface area (Å²) in [5.41, 5.74) is 3.97. The molecule has 5 heteroatoms. The van der Waals surface area contributed by atoms with Crippen molar-refractivity contribution < 1.29 is 0 Å². The molecule has 0 radical (unpaired) electrons. The summed E-state index contributed by atoms with van der Waals surface area (Å²) in [7, 11) is 0. The number of hydrogen-bond acceptors (Lipinski definition) is 5. The Morgan fingerprint density at radius 1 is 0.649 bits per heavy atom. The SMILES string of the molecule is c1ccc(N2CCN(c3nc(-c4cccc5ccccc45)nc4sc5c(c34)CCCCCC5)CC2)cc1. The van der Waals surface area contributed by atoms with Crippen molar-refractivity contribution in [2.45, 2.75) is 38.5 Å². The predicted octanol–water partition coefficient (Wildman–Crippen LogP) is 7.50. The van der Waals surface area contributed by atoms with Gasteiger partial charge in [0, 0.05) is 42.3 Å². The van der Waals surface area contributed by atoms with Crippen LogP contribution in [0.1, 0.15) is 36.1 Å². The summed E-state index contributed by atoms with van der Waals surface area (Å²) in [5, 5.41) is 3.79. The van der Waals surface area contributed by atoms with Crippen LogP contribution in [0.15, 0.2) is 72.8 Å². The number of anilines is 2. The van der Waals surface area contributed by atoms with Gasteiger partial charge in [-0.05, 0) is 54.2 Å². The second kappa shape index (κ2) is 9.79. The van der Waals surface area contributed by atoms with E-state index < -0.39 is 0 Å². The smallest absolute Gasteiger partial charge is 0.163 e. The average Bonchev–Trinajstić information content (AvgIpc) is 3.29. The summed E-state index contributed by atoms with van der Waals surface area (Å²) < 4.78 is 0. The molecule has 0 saturated carbocycles. The van der Waals surface area contributed by atoms with Gasteiger partial charge < -0.3 is 9.80 Å². The van der Waals surface area contributed by atoms with Crippen molar-refractivity contribution in [3.05, 3.63) is 83.2 Å². The zero-order chi connectivity index (χ0) is 24.6. The average molecular weight is 505 g/mol. The predicted molar refractivity (Wildman–Crippen MR) is 157 cm³/mol. The summed E-state index contributed by atoms with van der Waals surface area (Å²) in [6.07, 6.45) is 7.57. The van der Waals surface area contributed by atoms with Crippen LogP contribution in [0.3, 0.4) is 0 Å². The largest absolute Gasteiger partial charge is 0.368 e. The molecule has 1 saturated heterocycles. The second-order valence-electron chi connectivity index (χ2n) is 10.3. The fraction of sp³-hybridized carbons (Fsp3) is 0.312. The maximum Gasteiger partial charge on any atom is 0.163 e. The first-order valence-corrected chi connectivity index (χ1v) is 14.5. The molecule has 4 nitrogen and oxygen atoms in total. The molecule has 0 atom stereocenters. The summed E-state index contributed by atoms with van der Waals surface area (Å²) in [4.78, 5) is 18.4. The van der Waals surface area contributed by atoms with Crippen molar-refractivity contribution in [2.24, 2.45) is 0 Å². The van der Waals surface area contributed by atoms with Crippen molar-refractivity contribution >= 4 is 43.8 Å². The standard InChI is InChI=1S/C32H32N4S/c1-2-7-18-28-27(16-6-1)29-31(36-21-19-35(20-22-36)24-13-4-3-5-14-24)33-30(34-32(29)37-28)26-17-10-12-23-11-8-9-15-25(23)26/h3-5,8-15,17H,1-2,6-7,16,18-22H2. The van der Waals surface area contributed by atoms with E-state index >= 15 is 0 Å². The second-order valence-corrected chi connectivity index (χ2v) is 11.4. The molecule has 0 unspecified atom stereocenters. The normalized spacial score (nSPS) is 16.5. The minimum Gasteiger partial charge on any atom is -0.368 e. The number of fused-ring (bicyclic) bond motifs is 4. The number of nitrogens with zero attached hydrogens (tertiary/aromatic N) is 4. The molecule has 2 aromatic heterocycles. The Balaban J connectivity index is 1.35. The summed E-state index contributed by atoms with van der Waals surface area (Å²) in [6.45, 7) is 3.96. The minimum absolute atomic E-state index is 0.860. The van der Waals surface area contributed by atoms with Gasteiger partial charge in [0.15, 0.2) is 5.82 Å². The third-order valence-corrected chi connectivity index (χ3v) is 9.21. The third-order valence-electron chi connectivity index (χ3n) is 8.03. The van der Waals surface area contributed by atoms with Gasteiger partial charge in [0.2, 0.25) is 0 Å². The van der Waals surface area contributed by atoms with Gasteiger partial charge in [-0.3, -0.25) is 0 Å². The van der Waals surface area contributed by atoms with E-state index in [0.29, 0.717) is 0 Å². The van der Waals surface area contributed by atoms with Crippen LogP contribution in [0.5, 0.6) is 0 Å². The Morgan fingerprint density at radius 2 is 1.38 bits per heavy atom. The topological polar surface area (TPSA) is 32.3 Å². The van der Waals surface area contributed by atoms with E-state index in [9.17, 15) is 0 Å². The Bertz CT molecular complexity index is 1540. The van der Waals surface area contributed by atoms with Gasteiger partial charge >= 0.3 is 0 Å². The van der Waals surface area contributed by atoms with Crippen LogP contribution in [0.4, 0.5) is 11.5 Å². The van der Waals surface area contributed by atoms with E-state index in [1.807, 2.05) is 11.3 Å². The van der Waals surface area contributed by atoms with Crippen molar-refractivity contribution in [2.75, 3.05) is 36.0 Å². The number of piperazine rings is 1. The van der Waals surface area contributed by atoms with Crippen LogP contribution in [0.25, 0.3) is 32.4 Å². The molecular formula is C32H32N4S. The third kappa shape index (κ3) is 4.25. The van der Waals surface area contributed by atoms with E-state index in [-0.39, 0.29) is 0 Å². The van der Waals surface area contributed by atoms with Crippen LogP contribution in [0, 0.1) is 0 Å². The molecule has 7 rings (SSSR count). The fourth-order valence-corrected chi connectivity index (χ4v) is 7.33. The molecule has 0 N–H and O–H groups in total. The van der Waals surface area contributed by atoms with Gasteiger partial charge in [0.1, 0.15) is 10.6 Å². The molecule has 3 heterocycles. The van der Waals surface area contributed by atoms with Crippen molar-refractivity contribution in [1.82, 2.24) is 9.97 Å². The van der Waals surface area contributed by atoms with Crippen LogP contribution in [-0.4, -0.2) is 36.1 Å². The number of thiophene rings is 1. The lowest BCUT2D eigenvalue weighted by Crippen LogP contribution is -2.47. The molecule has 5 aromatic rings. The molecule has 1 aliphatic carbocycles. The highest BCUT2D eigenvalue weighted by Crippen LogP contribution is 2.41. The first-order chi connectivity index (χ1) is 18.3. The number of rotatable bonds is 3. The van der Waals surface area contributed by atoms with Crippen molar-refractivity contribution in [3.8, 4) is 11.4 Å². The summed E-state index contributed by atoms with van der Waals surface area (Å²) >= 11 is 1.92. The number of aryl methyl sites for hydroxylation is 2. The number of aromatic nitrogens is 2. The quantitative estimate of drug-likeness (QED) is 0.255. The molecule has 1 fully saturated rings.